The van der Waals surface area contributed by atoms with Gasteiger partial charge in [0, 0.05) is 54.6 Å². The standard InChI is InChI=1S/C18H18FN3O2/c19-16-15(2-1-7-21-16)18(24)10-13-3-4-14(11-18)22(13)17(23)12-5-8-20-9-6-12/h1-2,5-9,13-14,24H,3-4,10-11H2/t13-,14-/m0/s1. The number of piperidine rings is 1. The number of aliphatic hydroxyl groups is 1. The Labute approximate surface area is 139 Å². The van der Waals surface area contributed by atoms with Crippen molar-refractivity contribution < 1.29 is 14.3 Å². The Morgan fingerprint density at radius 2 is 1.83 bits per heavy atom. The third-order valence-electron chi connectivity index (χ3n) is 5.19. The summed E-state index contributed by atoms with van der Waals surface area (Å²) in [6.45, 7) is 0. The van der Waals surface area contributed by atoms with Crippen LogP contribution in [0.3, 0.4) is 0 Å². The summed E-state index contributed by atoms with van der Waals surface area (Å²) in [6.07, 6.45) is 6.89. The molecule has 0 radical (unpaired) electrons. The average molecular weight is 327 g/mol. The predicted molar refractivity (Wildman–Crippen MR) is 84.5 cm³/mol. The van der Waals surface area contributed by atoms with E-state index in [-0.39, 0.29) is 23.6 Å². The zero-order valence-electron chi connectivity index (χ0n) is 13.1. The van der Waals surface area contributed by atoms with E-state index < -0.39 is 11.5 Å². The molecular formula is C18H18FN3O2. The number of halogens is 1. The molecule has 1 amide bonds. The molecule has 2 atom stereocenters. The first-order chi connectivity index (χ1) is 11.6. The molecule has 0 saturated carbocycles. The summed E-state index contributed by atoms with van der Waals surface area (Å²) in [7, 11) is 0. The van der Waals surface area contributed by atoms with Crippen molar-refractivity contribution in [1.29, 1.82) is 0 Å². The highest BCUT2D eigenvalue weighted by Crippen LogP contribution is 2.46. The van der Waals surface area contributed by atoms with Gasteiger partial charge in [-0.2, -0.15) is 4.39 Å². The van der Waals surface area contributed by atoms with Gasteiger partial charge >= 0.3 is 0 Å². The minimum atomic E-state index is -1.26. The van der Waals surface area contributed by atoms with E-state index in [4.69, 9.17) is 0 Å². The van der Waals surface area contributed by atoms with E-state index in [0.717, 1.165) is 12.8 Å². The molecule has 0 spiro atoms. The third kappa shape index (κ3) is 2.38. The molecule has 2 aromatic heterocycles. The lowest BCUT2D eigenvalue weighted by atomic mass is 9.80. The van der Waals surface area contributed by atoms with Crippen LogP contribution in [0.15, 0.2) is 42.9 Å². The maximum Gasteiger partial charge on any atom is 0.254 e. The number of carbonyl (C=O) groups is 1. The number of amides is 1. The van der Waals surface area contributed by atoms with Crippen LogP contribution in [-0.2, 0) is 5.60 Å². The fourth-order valence-electron chi connectivity index (χ4n) is 4.15. The van der Waals surface area contributed by atoms with Crippen molar-refractivity contribution in [3.8, 4) is 0 Å². The summed E-state index contributed by atoms with van der Waals surface area (Å²) in [4.78, 5) is 22.3. The maximum atomic E-state index is 14.1. The molecule has 4 heterocycles. The van der Waals surface area contributed by atoms with E-state index >= 15 is 0 Å². The molecule has 2 bridgehead atoms. The lowest BCUT2D eigenvalue weighted by Crippen LogP contribution is -2.52. The summed E-state index contributed by atoms with van der Waals surface area (Å²) < 4.78 is 14.1. The molecule has 0 aromatic carbocycles. The first-order valence-electron chi connectivity index (χ1n) is 8.14. The second-order valence-electron chi connectivity index (χ2n) is 6.61. The minimum absolute atomic E-state index is 0.0430. The molecule has 2 saturated heterocycles. The molecule has 2 fully saturated rings. The van der Waals surface area contributed by atoms with E-state index in [1.165, 1.54) is 6.20 Å². The van der Waals surface area contributed by atoms with Gasteiger partial charge in [-0.15, -0.1) is 0 Å². The number of pyridine rings is 2. The van der Waals surface area contributed by atoms with Crippen LogP contribution >= 0.6 is 0 Å². The number of nitrogens with zero attached hydrogens (tertiary/aromatic N) is 3. The Bertz CT molecular complexity index is 754. The Hall–Kier alpha value is -2.34. The van der Waals surface area contributed by atoms with E-state index in [2.05, 4.69) is 9.97 Å². The van der Waals surface area contributed by atoms with Crippen molar-refractivity contribution >= 4 is 5.91 Å². The van der Waals surface area contributed by atoms with E-state index in [1.807, 2.05) is 4.90 Å². The van der Waals surface area contributed by atoms with Crippen LogP contribution in [0.4, 0.5) is 4.39 Å². The van der Waals surface area contributed by atoms with Crippen molar-refractivity contribution in [3.05, 3.63) is 59.9 Å². The quantitative estimate of drug-likeness (QED) is 0.859. The molecule has 0 unspecified atom stereocenters. The number of fused-ring (bicyclic) bond motifs is 2. The van der Waals surface area contributed by atoms with Gasteiger partial charge < -0.3 is 10.0 Å². The van der Waals surface area contributed by atoms with E-state index in [9.17, 15) is 14.3 Å². The molecule has 2 aromatic rings. The first-order valence-corrected chi connectivity index (χ1v) is 8.14. The smallest absolute Gasteiger partial charge is 0.254 e. The van der Waals surface area contributed by atoms with Gasteiger partial charge in [0.25, 0.3) is 5.91 Å². The largest absolute Gasteiger partial charge is 0.385 e. The van der Waals surface area contributed by atoms with Crippen molar-refractivity contribution in [2.75, 3.05) is 0 Å². The van der Waals surface area contributed by atoms with Gasteiger partial charge in [0.2, 0.25) is 5.95 Å². The molecule has 6 heteroatoms. The number of rotatable bonds is 2. The van der Waals surface area contributed by atoms with Crippen molar-refractivity contribution in [3.63, 3.8) is 0 Å². The van der Waals surface area contributed by atoms with Gasteiger partial charge in [0.1, 0.15) is 0 Å². The zero-order chi connectivity index (χ0) is 16.7. The van der Waals surface area contributed by atoms with Crippen LogP contribution in [-0.4, -0.2) is 38.0 Å². The fourth-order valence-corrected chi connectivity index (χ4v) is 4.15. The number of carbonyl (C=O) groups excluding carboxylic acids is 1. The van der Waals surface area contributed by atoms with Gasteiger partial charge in [0.05, 0.1) is 5.60 Å². The Balaban J connectivity index is 1.62. The second-order valence-corrected chi connectivity index (χ2v) is 6.61. The highest BCUT2D eigenvalue weighted by Gasteiger charge is 2.51. The highest BCUT2D eigenvalue weighted by molar-refractivity contribution is 5.94. The molecule has 2 aliphatic rings. The molecule has 1 N–H and O–H groups in total. The van der Waals surface area contributed by atoms with Crippen molar-refractivity contribution in [2.24, 2.45) is 0 Å². The summed E-state index contributed by atoms with van der Waals surface area (Å²) >= 11 is 0. The molecule has 5 nitrogen and oxygen atoms in total. The van der Waals surface area contributed by atoms with Gasteiger partial charge in [-0.05, 0) is 31.0 Å². The topological polar surface area (TPSA) is 66.3 Å². The Morgan fingerprint density at radius 1 is 1.17 bits per heavy atom. The van der Waals surface area contributed by atoms with Gasteiger partial charge in [-0.25, -0.2) is 4.98 Å². The van der Waals surface area contributed by atoms with Crippen molar-refractivity contribution in [2.45, 2.75) is 43.4 Å². The van der Waals surface area contributed by atoms with Crippen molar-refractivity contribution in [1.82, 2.24) is 14.9 Å². The zero-order valence-corrected chi connectivity index (χ0v) is 13.1. The number of aromatic nitrogens is 2. The predicted octanol–water partition coefficient (Wildman–Crippen LogP) is 2.27. The molecule has 124 valence electrons. The summed E-state index contributed by atoms with van der Waals surface area (Å²) in [6, 6.07) is 6.43. The van der Waals surface area contributed by atoms with Crippen LogP contribution in [0.25, 0.3) is 0 Å². The Kier molecular flexibility index (Phi) is 3.57. The lowest BCUT2D eigenvalue weighted by molar-refractivity contribution is -0.0504. The van der Waals surface area contributed by atoms with Crippen LogP contribution in [0.1, 0.15) is 41.6 Å². The van der Waals surface area contributed by atoms with Gasteiger partial charge in [0.15, 0.2) is 0 Å². The summed E-state index contributed by atoms with van der Waals surface area (Å²) in [5.41, 5.74) is -0.433. The minimum Gasteiger partial charge on any atom is -0.385 e. The molecule has 4 rings (SSSR count). The van der Waals surface area contributed by atoms with Gasteiger partial charge in [-0.3, -0.25) is 9.78 Å². The van der Waals surface area contributed by atoms with Crippen LogP contribution < -0.4 is 0 Å². The monoisotopic (exact) mass is 327 g/mol. The van der Waals surface area contributed by atoms with Crippen LogP contribution in [0, 0.1) is 5.95 Å². The number of hydrogen-bond donors (Lipinski definition) is 1. The number of hydrogen-bond acceptors (Lipinski definition) is 4. The second kappa shape index (κ2) is 5.63. The van der Waals surface area contributed by atoms with E-state index in [1.54, 1.807) is 36.7 Å². The molecule has 2 aliphatic heterocycles. The lowest BCUT2D eigenvalue weighted by Gasteiger charge is -2.44. The normalized spacial score (nSPS) is 28.8. The summed E-state index contributed by atoms with van der Waals surface area (Å²) in [5.74, 6) is -0.674. The molecular weight excluding hydrogens is 309 g/mol. The third-order valence-corrected chi connectivity index (χ3v) is 5.19. The van der Waals surface area contributed by atoms with E-state index in [0.29, 0.717) is 18.4 Å². The maximum absolute atomic E-state index is 14.1. The van der Waals surface area contributed by atoms with Crippen LogP contribution in [0.2, 0.25) is 0 Å². The molecule has 0 aliphatic carbocycles. The highest BCUT2D eigenvalue weighted by atomic mass is 19.1. The SMILES string of the molecule is O=C(c1ccncc1)N1[C@H]2CC[C@H]1CC(O)(c1cccnc1F)C2. The average Bonchev–Trinajstić information content (AvgIpc) is 2.87. The first kappa shape index (κ1) is 15.2. The van der Waals surface area contributed by atoms with Crippen LogP contribution in [0.5, 0.6) is 0 Å². The summed E-state index contributed by atoms with van der Waals surface area (Å²) in [5, 5.41) is 11.0. The van der Waals surface area contributed by atoms with Gasteiger partial charge in [-0.1, -0.05) is 6.07 Å². The Morgan fingerprint density at radius 3 is 2.46 bits per heavy atom. The fraction of sp³-hybridized carbons (Fsp3) is 0.389. The molecule has 24 heavy (non-hydrogen) atoms.